The lowest BCUT2D eigenvalue weighted by atomic mass is 10.1. The molecule has 9 nitrogen and oxygen atoms in total. The van der Waals surface area contributed by atoms with Gasteiger partial charge in [-0.1, -0.05) is 12.1 Å². The third kappa shape index (κ3) is 6.33. The number of hydrogen-bond acceptors (Lipinski definition) is 9. The number of para-hydroxylation sites is 2. The van der Waals surface area contributed by atoms with Gasteiger partial charge in [0.1, 0.15) is 29.3 Å². The molecule has 0 aliphatic rings. The summed E-state index contributed by atoms with van der Waals surface area (Å²) in [6.45, 7) is 5.88. The van der Waals surface area contributed by atoms with Crippen molar-refractivity contribution in [1.29, 1.82) is 0 Å². The van der Waals surface area contributed by atoms with Gasteiger partial charge in [-0.3, -0.25) is 0 Å². The largest absolute Gasteiger partial charge is 0.495 e. The monoisotopic (exact) mass is 509 g/mol. The van der Waals surface area contributed by atoms with Crippen LogP contribution in [0.15, 0.2) is 63.1 Å². The molecule has 0 unspecified atom stereocenters. The van der Waals surface area contributed by atoms with Crippen molar-refractivity contribution in [2.24, 2.45) is 0 Å². The number of carbonyl (C=O) groups excluding carboxylic acids is 1. The van der Waals surface area contributed by atoms with Crippen LogP contribution in [0, 0.1) is 0 Å². The summed E-state index contributed by atoms with van der Waals surface area (Å²) in [6.07, 6.45) is -0.508. The molecule has 0 bridgehead atoms. The Morgan fingerprint density at radius 2 is 1.94 bits per heavy atom. The van der Waals surface area contributed by atoms with Gasteiger partial charge in [0.2, 0.25) is 0 Å². The first-order valence-corrected chi connectivity index (χ1v) is 12.1. The lowest BCUT2D eigenvalue weighted by Gasteiger charge is -2.19. The summed E-state index contributed by atoms with van der Waals surface area (Å²) in [5.41, 5.74) is 0.986. The first-order chi connectivity index (χ1) is 17.2. The maximum absolute atomic E-state index is 12.7. The number of methoxy groups -OCH3 is 1. The third-order valence-electron chi connectivity index (χ3n) is 4.88. The standard InChI is InChI=1S/C26H27N3O6S/c1-26(2,3)35-25(31)27-11-12-33-17-10-9-16-13-18(23(30)34-22(16)14-17)20-15-36-24(29-20)28-19-7-5-6-8-21(19)32-4/h5-10,13-15H,11-12H2,1-4H3,(H,27,31)(H,28,29). The Morgan fingerprint density at radius 1 is 1.14 bits per heavy atom. The highest BCUT2D eigenvalue weighted by atomic mass is 32.1. The normalized spacial score (nSPS) is 11.2. The number of nitrogens with zero attached hydrogens (tertiary/aromatic N) is 1. The van der Waals surface area contributed by atoms with Crippen LogP contribution in [0.3, 0.4) is 0 Å². The third-order valence-corrected chi connectivity index (χ3v) is 5.63. The van der Waals surface area contributed by atoms with E-state index in [0.29, 0.717) is 33.5 Å². The molecule has 0 aliphatic heterocycles. The van der Waals surface area contributed by atoms with Gasteiger partial charge in [-0.2, -0.15) is 0 Å². The molecule has 0 aliphatic carbocycles. The molecule has 4 aromatic rings. The van der Waals surface area contributed by atoms with Gasteiger partial charge in [0, 0.05) is 16.8 Å². The molecule has 0 radical (unpaired) electrons. The smallest absolute Gasteiger partial charge is 0.407 e. The summed E-state index contributed by atoms with van der Waals surface area (Å²) < 4.78 is 21.8. The molecule has 2 N–H and O–H groups in total. The van der Waals surface area contributed by atoms with Crippen molar-refractivity contribution in [1.82, 2.24) is 10.3 Å². The Bertz CT molecular complexity index is 1420. The number of aromatic nitrogens is 1. The topological polar surface area (TPSA) is 112 Å². The predicted molar refractivity (Wildman–Crippen MR) is 140 cm³/mol. The van der Waals surface area contributed by atoms with Crippen LogP contribution in [0.5, 0.6) is 11.5 Å². The highest BCUT2D eigenvalue weighted by molar-refractivity contribution is 7.14. The van der Waals surface area contributed by atoms with E-state index in [1.807, 2.05) is 24.3 Å². The highest BCUT2D eigenvalue weighted by Gasteiger charge is 2.16. The maximum Gasteiger partial charge on any atom is 0.407 e. The van der Waals surface area contributed by atoms with Crippen LogP contribution < -0.4 is 25.7 Å². The Morgan fingerprint density at radius 3 is 2.72 bits per heavy atom. The summed E-state index contributed by atoms with van der Waals surface area (Å²) >= 11 is 1.37. The van der Waals surface area contributed by atoms with Crippen molar-refractivity contribution < 1.29 is 23.4 Å². The fraction of sp³-hybridized carbons (Fsp3) is 0.269. The molecule has 188 valence electrons. The van der Waals surface area contributed by atoms with Gasteiger partial charge in [0.15, 0.2) is 5.13 Å². The number of anilines is 2. The summed E-state index contributed by atoms with van der Waals surface area (Å²) in [7, 11) is 1.60. The van der Waals surface area contributed by atoms with E-state index in [1.165, 1.54) is 11.3 Å². The zero-order valence-corrected chi connectivity index (χ0v) is 21.2. The lowest BCUT2D eigenvalue weighted by molar-refractivity contribution is 0.0520. The molecule has 4 rings (SSSR count). The van der Waals surface area contributed by atoms with Crippen LogP contribution in [0.1, 0.15) is 20.8 Å². The van der Waals surface area contributed by atoms with Crippen molar-refractivity contribution in [3.8, 4) is 22.8 Å². The predicted octanol–water partition coefficient (Wildman–Crippen LogP) is 5.57. The quantitative estimate of drug-likeness (QED) is 0.234. The van der Waals surface area contributed by atoms with Gasteiger partial charge >= 0.3 is 11.7 Å². The molecule has 1 amide bonds. The van der Waals surface area contributed by atoms with E-state index in [1.54, 1.807) is 57.5 Å². The van der Waals surface area contributed by atoms with Crippen molar-refractivity contribution in [3.05, 3.63) is 64.3 Å². The summed E-state index contributed by atoms with van der Waals surface area (Å²) in [5, 5.41) is 9.00. The molecule has 10 heteroatoms. The molecule has 0 atom stereocenters. The minimum absolute atomic E-state index is 0.230. The number of alkyl carbamates (subject to hydrolysis) is 1. The van der Waals surface area contributed by atoms with Gasteiger partial charge in [-0.25, -0.2) is 14.6 Å². The number of amides is 1. The lowest BCUT2D eigenvalue weighted by Crippen LogP contribution is -2.34. The molecule has 0 spiro atoms. The maximum atomic E-state index is 12.7. The fourth-order valence-electron chi connectivity index (χ4n) is 3.31. The number of ether oxygens (including phenoxy) is 3. The second-order valence-electron chi connectivity index (χ2n) is 8.79. The summed E-state index contributed by atoms with van der Waals surface area (Å²) in [5.74, 6) is 1.21. The summed E-state index contributed by atoms with van der Waals surface area (Å²) in [6, 6.07) is 14.5. The number of carbonyl (C=O) groups is 1. The molecule has 2 aromatic heterocycles. The Labute approximate surface area is 212 Å². The van der Waals surface area contributed by atoms with E-state index in [9.17, 15) is 9.59 Å². The number of thiazole rings is 1. The van der Waals surface area contributed by atoms with E-state index < -0.39 is 17.3 Å². The number of fused-ring (bicyclic) bond motifs is 1. The molecule has 2 heterocycles. The Hall–Kier alpha value is -4.05. The van der Waals surface area contributed by atoms with Gasteiger partial charge in [0.05, 0.1) is 30.6 Å². The molecule has 0 fully saturated rings. The summed E-state index contributed by atoms with van der Waals surface area (Å²) in [4.78, 5) is 29.0. The van der Waals surface area contributed by atoms with Crippen LogP contribution in [0.25, 0.3) is 22.2 Å². The van der Waals surface area contributed by atoms with E-state index >= 15 is 0 Å². The highest BCUT2D eigenvalue weighted by Crippen LogP contribution is 2.31. The molecule has 2 aromatic carbocycles. The number of rotatable bonds is 8. The van der Waals surface area contributed by atoms with Gasteiger partial charge in [-0.15, -0.1) is 11.3 Å². The zero-order valence-electron chi connectivity index (χ0n) is 20.4. The molecule has 0 saturated carbocycles. The van der Waals surface area contributed by atoms with E-state index in [-0.39, 0.29) is 13.2 Å². The SMILES string of the molecule is COc1ccccc1Nc1nc(-c2cc3ccc(OCCNC(=O)OC(C)(C)C)cc3oc2=O)cs1. The van der Waals surface area contributed by atoms with E-state index in [4.69, 9.17) is 18.6 Å². The Kier molecular flexibility index (Phi) is 7.44. The average molecular weight is 510 g/mol. The van der Waals surface area contributed by atoms with Crippen molar-refractivity contribution >= 4 is 39.2 Å². The second-order valence-corrected chi connectivity index (χ2v) is 9.65. The Balaban J connectivity index is 1.43. The van der Waals surface area contributed by atoms with Crippen molar-refractivity contribution in [2.75, 3.05) is 25.6 Å². The number of benzene rings is 2. The van der Waals surface area contributed by atoms with Gasteiger partial charge in [-0.05, 0) is 51.1 Å². The van der Waals surface area contributed by atoms with Crippen molar-refractivity contribution in [3.63, 3.8) is 0 Å². The average Bonchev–Trinajstić information content (AvgIpc) is 3.28. The van der Waals surface area contributed by atoms with Crippen LogP contribution in [-0.4, -0.2) is 36.9 Å². The minimum atomic E-state index is -0.564. The molecular formula is C26H27N3O6S. The van der Waals surface area contributed by atoms with Crippen LogP contribution in [0.4, 0.5) is 15.6 Å². The molecule has 36 heavy (non-hydrogen) atoms. The second kappa shape index (κ2) is 10.7. The van der Waals surface area contributed by atoms with Crippen LogP contribution in [0.2, 0.25) is 0 Å². The van der Waals surface area contributed by atoms with E-state index in [0.717, 1.165) is 11.1 Å². The first kappa shape index (κ1) is 25.1. The van der Waals surface area contributed by atoms with Crippen LogP contribution >= 0.6 is 11.3 Å². The van der Waals surface area contributed by atoms with E-state index in [2.05, 4.69) is 15.6 Å². The van der Waals surface area contributed by atoms with Gasteiger partial charge in [0.25, 0.3) is 0 Å². The minimum Gasteiger partial charge on any atom is -0.495 e. The molecular weight excluding hydrogens is 482 g/mol. The number of hydrogen-bond donors (Lipinski definition) is 2. The van der Waals surface area contributed by atoms with Crippen LogP contribution in [-0.2, 0) is 4.74 Å². The first-order valence-electron chi connectivity index (χ1n) is 11.3. The number of nitrogens with one attached hydrogen (secondary N) is 2. The van der Waals surface area contributed by atoms with Gasteiger partial charge < -0.3 is 29.3 Å². The fourth-order valence-corrected chi connectivity index (χ4v) is 4.04. The zero-order chi connectivity index (χ0) is 25.7. The molecule has 0 saturated heterocycles. The van der Waals surface area contributed by atoms with Crippen molar-refractivity contribution in [2.45, 2.75) is 26.4 Å².